The van der Waals surface area contributed by atoms with E-state index in [1.54, 1.807) is 26.8 Å². The van der Waals surface area contributed by atoms with Crippen LogP contribution in [0.15, 0.2) is 23.1 Å². The molecule has 1 rings (SSSR count). The van der Waals surface area contributed by atoms with Gasteiger partial charge in [-0.1, -0.05) is 0 Å². The highest BCUT2D eigenvalue weighted by Gasteiger charge is 2.35. The number of anilines is 1. The molecule has 0 radical (unpaired) electrons. The Morgan fingerprint density at radius 3 is 2.50 bits per heavy atom. The van der Waals surface area contributed by atoms with Crippen LogP contribution < -0.4 is 10.5 Å². The van der Waals surface area contributed by atoms with Crippen molar-refractivity contribution >= 4 is 15.7 Å². The fourth-order valence-electron chi connectivity index (χ4n) is 1.57. The molecule has 1 aromatic rings. The minimum atomic E-state index is -3.82. The van der Waals surface area contributed by atoms with Gasteiger partial charge in [0.05, 0.1) is 18.8 Å². The van der Waals surface area contributed by atoms with Crippen LogP contribution in [0.2, 0.25) is 0 Å². The molecule has 3 N–H and O–H groups in total. The van der Waals surface area contributed by atoms with Gasteiger partial charge in [0.25, 0.3) is 0 Å². The normalized spacial score (nSPS) is 12.7. The number of aliphatic hydroxyl groups excluding tert-OH is 1. The highest BCUT2D eigenvalue weighted by atomic mass is 32.2. The lowest BCUT2D eigenvalue weighted by atomic mass is 10.1. The second-order valence-corrected chi connectivity index (χ2v) is 7.02. The van der Waals surface area contributed by atoms with Crippen LogP contribution in [0.4, 0.5) is 5.69 Å². The zero-order valence-corrected chi connectivity index (χ0v) is 13.1. The zero-order valence-electron chi connectivity index (χ0n) is 12.3. The zero-order chi connectivity index (χ0) is 15.6. The van der Waals surface area contributed by atoms with Crippen molar-refractivity contribution in [3.05, 3.63) is 18.2 Å². The number of hydrogen-bond acceptors (Lipinski definition) is 5. The maximum atomic E-state index is 12.7. The Kier molecular flexibility index (Phi) is 5.01. The third-order valence-electron chi connectivity index (χ3n) is 3.15. The highest BCUT2D eigenvalue weighted by molar-refractivity contribution is 7.89. The minimum absolute atomic E-state index is 0.00313. The molecule has 114 valence electrons. The molecule has 20 heavy (non-hydrogen) atoms. The number of benzene rings is 1. The standard InChI is InChI=1S/C13H22N2O4S/c1-5-19-11-7-6-10(14)8-12(11)20(17,18)15(4)13(2,3)9-16/h6-8,16H,5,9,14H2,1-4H3. The van der Waals surface area contributed by atoms with Crippen molar-refractivity contribution in [2.75, 3.05) is 26.0 Å². The Balaban J connectivity index is 3.38. The van der Waals surface area contributed by atoms with Crippen molar-refractivity contribution < 1.29 is 18.3 Å². The molecule has 0 fully saturated rings. The molecule has 0 aliphatic carbocycles. The molecule has 0 aromatic heterocycles. The quantitative estimate of drug-likeness (QED) is 0.766. The molecule has 0 heterocycles. The van der Waals surface area contributed by atoms with E-state index in [2.05, 4.69) is 0 Å². The van der Waals surface area contributed by atoms with E-state index in [9.17, 15) is 13.5 Å². The van der Waals surface area contributed by atoms with Gasteiger partial charge in [0.1, 0.15) is 10.6 Å². The molecule has 0 saturated carbocycles. The average molecular weight is 302 g/mol. The maximum Gasteiger partial charge on any atom is 0.247 e. The number of rotatable bonds is 6. The molecule has 0 spiro atoms. The Labute approximate surface area is 120 Å². The van der Waals surface area contributed by atoms with E-state index in [0.29, 0.717) is 12.3 Å². The molecule has 0 unspecified atom stereocenters. The SMILES string of the molecule is CCOc1ccc(N)cc1S(=O)(=O)N(C)C(C)(C)CO. The van der Waals surface area contributed by atoms with Gasteiger partial charge in [-0.25, -0.2) is 8.42 Å². The van der Waals surface area contributed by atoms with Gasteiger partial charge in [0.2, 0.25) is 10.0 Å². The first-order valence-electron chi connectivity index (χ1n) is 6.29. The fraction of sp³-hybridized carbons (Fsp3) is 0.538. The first-order chi connectivity index (χ1) is 9.16. The van der Waals surface area contributed by atoms with Crippen molar-refractivity contribution in [1.29, 1.82) is 0 Å². The lowest BCUT2D eigenvalue weighted by Gasteiger charge is -2.33. The van der Waals surface area contributed by atoms with E-state index in [1.807, 2.05) is 0 Å². The smallest absolute Gasteiger partial charge is 0.247 e. The average Bonchev–Trinajstić information content (AvgIpc) is 2.40. The van der Waals surface area contributed by atoms with Crippen molar-refractivity contribution in [3.63, 3.8) is 0 Å². The Hall–Kier alpha value is -1.31. The molecule has 0 saturated heterocycles. The van der Waals surface area contributed by atoms with E-state index in [1.165, 1.54) is 19.2 Å². The lowest BCUT2D eigenvalue weighted by molar-refractivity contribution is 0.137. The predicted molar refractivity (Wildman–Crippen MR) is 78.1 cm³/mol. The number of nitrogen functional groups attached to an aromatic ring is 1. The van der Waals surface area contributed by atoms with E-state index in [-0.39, 0.29) is 17.3 Å². The van der Waals surface area contributed by atoms with Gasteiger partial charge in [-0.3, -0.25) is 0 Å². The van der Waals surface area contributed by atoms with E-state index in [4.69, 9.17) is 10.5 Å². The van der Waals surface area contributed by atoms with E-state index >= 15 is 0 Å². The molecule has 1 aromatic carbocycles. The summed E-state index contributed by atoms with van der Waals surface area (Å²) in [6.45, 7) is 5.09. The predicted octanol–water partition coefficient (Wildman–Crippen LogP) is 1.06. The fourth-order valence-corrected chi connectivity index (χ4v) is 3.24. The molecule has 7 heteroatoms. The van der Waals surface area contributed by atoms with E-state index < -0.39 is 15.6 Å². The third kappa shape index (κ3) is 3.23. The Bertz CT molecular complexity index is 570. The van der Waals surface area contributed by atoms with Crippen LogP contribution in [0.1, 0.15) is 20.8 Å². The summed E-state index contributed by atoms with van der Waals surface area (Å²) in [6, 6.07) is 4.48. The third-order valence-corrected chi connectivity index (χ3v) is 5.24. The van der Waals surface area contributed by atoms with Crippen LogP contribution in [0.3, 0.4) is 0 Å². The summed E-state index contributed by atoms with van der Waals surface area (Å²) in [5.74, 6) is 0.252. The summed E-state index contributed by atoms with van der Waals surface area (Å²) in [4.78, 5) is 0.00313. The van der Waals surface area contributed by atoms with Gasteiger partial charge in [-0.15, -0.1) is 0 Å². The molecule has 0 aliphatic heterocycles. The topological polar surface area (TPSA) is 92.9 Å². The Morgan fingerprint density at radius 2 is 2.00 bits per heavy atom. The summed E-state index contributed by atoms with van der Waals surface area (Å²) in [7, 11) is -2.39. The Morgan fingerprint density at radius 1 is 1.40 bits per heavy atom. The van der Waals surface area contributed by atoms with Crippen LogP contribution in [-0.2, 0) is 10.0 Å². The molecule has 0 amide bonds. The second-order valence-electron chi connectivity index (χ2n) is 5.08. The van der Waals surface area contributed by atoms with Gasteiger partial charge >= 0.3 is 0 Å². The molecular formula is C13H22N2O4S. The van der Waals surface area contributed by atoms with Crippen molar-refractivity contribution in [2.24, 2.45) is 0 Å². The van der Waals surface area contributed by atoms with Gasteiger partial charge in [0, 0.05) is 12.7 Å². The van der Waals surface area contributed by atoms with Crippen molar-refractivity contribution in [2.45, 2.75) is 31.2 Å². The number of likely N-dealkylation sites (N-methyl/N-ethyl adjacent to an activating group) is 1. The molecule has 6 nitrogen and oxygen atoms in total. The first kappa shape index (κ1) is 16.7. The van der Waals surface area contributed by atoms with Crippen LogP contribution in [-0.4, -0.2) is 43.6 Å². The number of nitrogens with two attached hydrogens (primary N) is 1. The number of hydrogen-bond donors (Lipinski definition) is 2. The molecule has 0 atom stereocenters. The summed E-state index contributed by atoms with van der Waals surface area (Å²) >= 11 is 0. The van der Waals surface area contributed by atoms with Crippen LogP contribution in [0.5, 0.6) is 5.75 Å². The second kappa shape index (κ2) is 5.99. The van der Waals surface area contributed by atoms with Gasteiger partial charge in [-0.2, -0.15) is 4.31 Å². The van der Waals surface area contributed by atoms with Crippen molar-refractivity contribution in [1.82, 2.24) is 4.31 Å². The summed E-state index contributed by atoms with van der Waals surface area (Å²) < 4.78 is 31.8. The summed E-state index contributed by atoms with van der Waals surface area (Å²) in [5, 5.41) is 9.34. The van der Waals surface area contributed by atoms with E-state index in [0.717, 1.165) is 4.31 Å². The number of aliphatic hydroxyl groups is 1. The lowest BCUT2D eigenvalue weighted by Crippen LogP contribution is -2.47. The summed E-state index contributed by atoms with van der Waals surface area (Å²) in [5.41, 5.74) is 5.09. The largest absolute Gasteiger partial charge is 0.492 e. The molecular weight excluding hydrogens is 280 g/mol. The maximum absolute atomic E-state index is 12.7. The van der Waals surface area contributed by atoms with Crippen LogP contribution in [0.25, 0.3) is 0 Å². The first-order valence-corrected chi connectivity index (χ1v) is 7.73. The monoisotopic (exact) mass is 302 g/mol. The van der Waals surface area contributed by atoms with Crippen LogP contribution in [0, 0.1) is 0 Å². The van der Waals surface area contributed by atoms with Crippen LogP contribution >= 0.6 is 0 Å². The van der Waals surface area contributed by atoms with Crippen molar-refractivity contribution in [3.8, 4) is 5.75 Å². The number of sulfonamides is 1. The minimum Gasteiger partial charge on any atom is -0.492 e. The van der Waals surface area contributed by atoms with Gasteiger partial charge in [-0.05, 0) is 39.0 Å². The van der Waals surface area contributed by atoms with Gasteiger partial charge < -0.3 is 15.6 Å². The van der Waals surface area contributed by atoms with Gasteiger partial charge in [0.15, 0.2) is 0 Å². The summed E-state index contributed by atoms with van der Waals surface area (Å²) in [6.07, 6.45) is 0. The molecule has 0 bridgehead atoms. The molecule has 0 aliphatic rings. The highest BCUT2D eigenvalue weighted by Crippen LogP contribution is 2.31. The number of ether oxygens (including phenoxy) is 1. The number of nitrogens with zero attached hydrogens (tertiary/aromatic N) is 1.